The van der Waals surface area contributed by atoms with Gasteiger partial charge in [-0.3, -0.25) is 9.59 Å². The van der Waals surface area contributed by atoms with Crippen LogP contribution in [0.15, 0.2) is 77.6 Å². The Balaban J connectivity index is 1.59. The Morgan fingerprint density at radius 2 is 1.37 bits per heavy atom. The molecule has 1 N–H and O–H groups in total. The summed E-state index contributed by atoms with van der Waals surface area (Å²) in [5, 5.41) is 3.66. The van der Waals surface area contributed by atoms with E-state index in [9.17, 15) is 35.9 Å². The highest BCUT2D eigenvalue weighted by atomic mass is 19.4. The minimum Gasteiger partial charge on any atom is -0.351 e. The van der Waals surface area contributed by atoms with E-state index in [4.69, 9.17) is 0 Å². The molecule has 0 atom stereocenters. The maximum Gasteiger partial charge on any atom is 0.416 e. The Morgan fingerprint density at radius 1 is 0.816 bits per heavy atom. The first kappa shape index (κ1) is 27.0. The summed E-state index contributed by atoms with van der Waals surface area (Å²) >= 11 is 0. The number of fused-ring (bicyclic) bond motifs is 1. The van der Waals surface area contributed by atoms with Crippen LogP contribution >= 0.6 is 0 Å². The lowest BCUT2D eigenvalue weighted by atomic mass is 9.96. The van der Waals surface area contributed by atoms with Gasteiger partial charge in [-0.2, -0.15) is 26.3 Å². The van der Waals surface area contributed by atoms with Crippen molar-refractivity contribution in [3.63, 3.8) is 0 Å². The van der Waals surface area contributed by atoms with Crippen molar-refractivity contribution in [2.24, 2.45) is 7.05 Å². The average Bonchev–Trinajstić information content (AvgIpc) is 2.87. The van der Waals surface area contributed by atoms with Gasteiger partial charge in [0.15, 0.2) is 0 Å². The third kappa shape index (κ3) is 5.58. The van der Waals surface area contributed by atoms with Gasteiger partial charge < -0.3 is 9.88 Å². The van der Waals surface area contributed by atoms with Gasteiger partial charge in [0.1, 0.15) is 5.69 Å². The third-order valence-corrected chi connectivity index (χ3v) is 6.16. The number of carbonyl (C=O) groups excluding carboxylic acids is 1. The Kier molecular flexibility index (Phi) is 7.35. The van der Waals surface area contributed by atoms with E-state index in [0.29, 0.717) is 34.0 Å². The van der Waals surface area contributed by atoms with Gasteiger partial charge in [0, 0.05) is 24.5 Å². The zero-order valence-corrected chi connectivity index (χ0v) is 20.1. The number of nitrogens with zero attached hydrogens (tertiary/aromatic N) is 1. The summed E-state index contributed by atoms with van der Waals surface area (Å²) in [6.07, 6.45) is -9.92. The molecule has 0 aliphatic heterocycles. The molecule has 0 unspecified atom stereocenters. The van der Waals surface area contributed by atoms with Crippen molar-refractivity contribution in [3.8, 4) is 11.1 Å². The predicted molar refractivity (Wildman–Crippen MR) is 132 cm³/mol. The number of amides is 1. The van der Waals surface area contributed by atoms with Gasteiger partial charge in [0.05, 0.1) is 11.1 Å². The molecule has 1 aromatic heterocycles. The van der Waals surface area contributed by atoms with Crippen molar-refractivity contribution >= 4 is 16.7 Å². The molecule has 0 radical (unpaired) electrons. The molecule has 0 aliphatic carbocycles. The van der Waals surface area contributed by atoms with Crippen LogP contribution in [0.3, 0.4) is 0 Å². The van der Waals surface area contributed by atoms with E-state index in [1.165, 1.54) is 11.6 Å². The van der Waals surface area contributed by atoms with Crippen LogP contribution in [0.5, 0.6) is 0 Å². The lowest BCUT2D eigenvalue weighted by Gasteiger charge is -2.17. The lowest BCUT2D eigenvalue weighted by molar-refractivity contribution is -0.143. The van der Waals surface area contributed by atoms with Gasteiger partial charge in [0.25, 0.3) is 11.5 Å². The number of hydrogen-bond donors (Lipinski definition) is 1. The van der Waals surface area contributed by atoms with Gasteiger partial charge in [-0.05, 0) is 53.6 Å². The summed E-state index contributed by atoms with van der Waals surface area (Å²) in [7, 11) is 1.47. The van der Waals surface area contributed by atoms with E-state index in [1.807, 2.05) is 6.07 Å². The van der Waals surface area contributed by atoms with Crippen LogP contribution < -0.4 is 10.9 Å². The number of aromatic nitrogens is 1. The van der Waals surface area contributed by atoms with Gasteiger partial charge in [-0.25, -0.2) is 0 Å². The first-order valence-corrected chi connectivity index (χ1v) is 11.6. The quantitative estimate of drug-likeness (QED) is 0.225. The number of alkyl halides is 6. The van der Waals surface area contributed by atoms with Crippen LogP contribution in [-0.4, -0.2) is 17.0 Å². The second-order valence-corrected chi connectivity index (χ2v) is 8.77. The van der Waals surface area contributed by atoms with Crippen LogP contribution in [0.2, 0.25) is 0 Å². The smallest absolute Gasteiger partial charge is 0.351 e. The molecular weight excluding hydrogens is 510 g/mol. The van der Waals surface area contributed by atoms with Crippen LogP contribution in [0.25, 0.3) is 21.9 Å². The highest BCUT2D eigenvalue weighted by Gasteiger charge is 2.36. The summed E-state index contributed by atoms with van der Waals surface area (Å²) in [6.45, 7) is -0.0360. The first-order valence-electron chi connectivity index (χ1n) is 11.6. The molecule has 4 aromatic rings. The molecule has 1 amide bonds. The number of benzene rings is 3. The predicted octanol–water partition coefficient (Wildman–Crippen LogP) is 6.61. The van der Waals surface area contributed by atoms with E-state index in [2.05, 4.69) is 5.32 Å². The molecule has 0 saturated heterocycles. The van der Waals surface area contributed by atoms with E-state index in [-0.39, 0.29) is 42.3 Å². The van der Waals surface area contributed by atoms with Crippen molar-refractivity contribution in [1.29, 1.82) is 0 Å². The number of carbonyl (C=O) groups is 1. The van der Waals surface area contributed by atoms with E-state index in [0.717, 1.165) is 0 Å². The fraction of sp³-hybridized carbons (Fsp3) is 0.214. The van der Waals surface area contributed by atoms with Gasteiger partial charge in [-0.15, -0.1) is 0 Å². The lowest BCUT2D eigenvalue weighted by Crippen LogP contribution is -2.32. The maximum atomic E-state index is 13.3. The highest BCUT2D eigenvalue weighted by Crippen LogP contribution is 2.36. The Morgan fingerprint density at radius 3 is 1.95 bits per heavy atom. The van der Waals surface area contributed by atoms with Crippen LogP contribution in [0, 0.1) is 0 Å². The van der Waals surface area contributed by atoms with Crippen molar-refractivity contribution in [2.45, 2.75) is 25.2 Å². The van der Waals surface area contributed by atoms with Gasteiger partial charge in [0.2, 0.25) is 0 Å². The van der Waals surface area contributed by atoms with Gasteiger partial charge in [-0.1, -0.05) is 48.5 Å². The molecule has 4 rings (SSSR count). The van der Waals surface area contributed by atoms with Crippen molar-refractivity contribution in [2.75, 3.05) is 6.54 Å². The molecule has 198 valence electrons. The standard InChI is InChI=1S/C28H22F6N2O2/c1-36-24(23(18-9-3-2-4-10-18)21-11-5-6-12-22(21)26(36)38)25(37)35-13-7-8-17-14-19(27(29,30)31)16-20(15-17)28(32,33)34/h2-6,9-12,14-16H,7-8,13H2,1H3,(H,35,37). The number of rotatable bonds is 6. The maximum absolute atomic E-state index is 13.3. The molecule has 10 heteroatoms. The fourth-order valence-electron chi connectivity index (χ4n) is 4.37. The second kappa shape index (κ2) is 10.4. The topological polar surface area (TPSA) is 51.1 Å². The normalized spacial score (nSPS) is 12.1. The molecule has 0 bridgehead atoms. The van der Waals surface area contributed by atoms with Crippen LogP contribution in [-0.2, 0) is 25.8 Å². The summed E-state index contributed by atoms with van der Waals surface area (Å²) in [6, 6.07) is 17.3. The molecule has 3 aromatic carbocycles. The molecule has 0 aliphatic rings. The molecule has 4 nitrogen and oxygen atoms in total. The van der Waals surface area contributed by atoms with E-state index in [1.54, 1.807) is 48.5 Å². The van der Waals surface area contributed by atoms with E-state index >= 15 is 0 Å². The first-order chi connectivity index (χ1) is 17.9. The van der Waals surface area contributed by atoms with Gasteiger partial charge >= 0.3 is 12.4 Å². The van der Waals surface area contributed by atoms with Crippen molar-refractivity contribution in [3.05, 3.63) is 106 Å². The van der Waals surface area contributed by atoms with Crippen LogP contribution in [0.4, 0.5) is 26.3 Å². The number of aryl methyl sites for hydroxylation is 1. The zero-order chi connectivity index (χ0) is 27.7. The molecular formula is C28H22F6N2O2. The number of hydrogen-bond acceptors (Lipinski definition) is 2. The SMILES string of the molecule is Cn1c(C(=O)NCCCc2cc(C(F)(F)F)cc(C(F)(F)F)c2)c(-c2ccccc2)c2ccccc2c1=O. The minimum atomic E-state index is -4.93. The number of pyridine rings is 1. The highest BCUT2D eigenvalue weighted by molar-refractivity contribution is 6.08. The fourth-order valence-corrected chi connectivity index (χ4v) is 4.37. The summed E-state index contributed by atoms with van der Waals surface area (Å²) in [4.78, 5) is 26.2. The minimum absolute atomic E-state index is 0.0360. The largest absolute Gasteiger partial charge is 0.416 e. The Bertz CT molecular complexity index is 1510. The number of nitrogens with one attached hydrogen (secondary N) is 1. The van der Waals surface area contributed by atoms with Crippen LogP contribution in [0.1, 0.15) is 33.6 Å². The van der Waals surface area contributed by atoms with Crippen molar-refractivity contribution < 1.29 is 31.1 Å². The Labute approximate surface area is 213 Å². The molecule has 0 saturated carbocycles. The molecule has 0 spiro atoms. The average molecular weight is 532 g/mol. The molecule has 38 heavy (non-hydrogen) atoms. The monoisotopic (exact) mass is 532 g/mol. The number of halogens is 6. The molecule has 1 heterocycles. The summed E-state index contributed by atoms with van der Waals surface area (Å²) < 4.78 is 80.0. The summed E-state index contributed by atoms with van der Waals surface area (Å²) in [5.74, 6) is -0.589. The third-order valence-electron chi connectivity index (χ3n) is 6.16. The zero-order valence-electron chi connectivity index (χ0n) is 20.1. The van der Waals surface area contributed by atoms with E-state index < -0.39 is 29.4 Å². The Hall–Kier alpha value is -4.08. The molecule has 0 fully saturated rings. The van der Waals surface area contributed by atoms with Crippen molar-refractivity contribution in [1.82, 2.24) is 9.88 Å². The second-order valence-electron chi connectivity index (χ2n) is 8.77. The summed E-state index contributed by atoms with van der Waals surface area (Å²) in [5.41, 5.74) is -1.96.